The molecule has 2 aromatic rings. The predicted octanol–water partition coefficient (Wildman–Crippen LogP) is 7.17. The van der Waals surface area contributed by atoms with Crippen LogP contribution in [0.5, 0.6) is 0 Å². The molecule has 0 saturated carbocycles. The molecule has 53 heavy (non-hydrogen) atoms. The van der Waals surface area contributed by atoms with Crippen LogP contribution in [0, 0.1) is 0 Å². The molecule has 9 rings (SSSR count). The Labute approximate surface area is 321 Å². The maximum absolute atomic E-state index is 5.46. The summed E-state index contributed by atoms with van der Waals surface area (Å²) >= 11 is 0. The normalized spacial score (nSPS) is 24.4. The zero-order chi connectivity index (χ0) is 35.3. The summed E-state index contributed by atoms with van der Waals surface area (Å²) in [5.41, 5.74) is 14.6. The van der Waals surface area contributed by atoms with Crippen LogP contribution in [0.2, 0.25) is 0 Å². The maximum Gasteiger partial charge on any atom is 3.00 e. The van der Waals surface area contributed by atoms with Gasteiger partial charge in [0, 0.05) is 66.1 Å². The van der Waals surface area contributed by atoms with Crippen LogP contribution >= 0.6 is 0 Å². The van der Waals surface area contributed by atoms with Crippen LogP contribution in [0.25, 0.3) is 22.0 Å². The van der Waals surface area contributed by atoms with E-state index in [1.807, 2.05) is 19.0 Å². The van der Waals surface area contributed by atoms with E-state index in [1.54, 1.807) is 0 Å². The molecule has 0 saturated heterocycles. The number of aliphatic imine (C=N–C) groups is 1. The van der Waals surface area contributed by atoms with E-state index < -0.39 is 0 Å². The molecule has 1 unspecified atom stereocenters. The van der Waals surface area contributed by atoms with E-state index in [0.29, 0.717) is 0 Å². The van der Waals surface area contributed by atoms with Crippen LogP contribution in [0.15, 0.2) is 179 Å². The molecule has 8 nitrogen and oxygen atoms in total. The van der Waals surface area contributed by atoms with Crippen molar-refractivity contribution in [2.24, 2.45) is 4.99 Å². The fraction of sp³-hybridized carbons (Fsp3) is 0.159. The standard InChI is InChI=1S/C44H39N8.Mn/c1-49-21-13-29(14-22-49)41-33-5-7-35(45-33)42(30-15-23-50(2)24-16-30)37-9-11-39(47-37)44(32-19-27-52(4)28-20-32)40-12-10-38(48-40)43(36-8-6-34(41)46-36)31-17-25-51(3)26-18-31;/h5-23,25,27-28,33H,24,26H2,1-4H3;/q-3;+3/b42-35-,43-36-;. The van der Waals surface area contributed by atoms with Crippen LogP contribution < -0.4 is 9.97 Å². The van der Waals surface area contributed by atoms with E-state index in [4.69, 9.17) is 20.3 Å². The average molecular weight is 735 g/mol. The molecule has 262 valence electrons. The fourth-order valence-corrected chi connectivity index (χ4v) is 7.29. The van der Waals surface area contributed by atoms with Crippen LogP contribution in [-0.2, 0) is 17.1 Å². The molecular formula is C44H39MnN8. The van der Waals surface area contributed by atoms with Gasteiger partial charge in [-0.15, -0.1) is 28.5 Å². The number of aromatic nitrogens is 2. The molecule has 1 atom stereocenters. The third-order valence-corrected chi connectivity index (χ3v) is 10.1. The molecule has 0 spiro atoms. The van der Waals surface area contributed by atoms with Crippen molar-refractivity contribution in [1.29, 1.82) is 0 Å². The van der Waals surface area contributed by atoms with Crippen molar-refractivity contribution in [1.82, 2.24) is 29.6 Å². The van der Waals surface area contributed by atoms with E-state index >= 15 is 0 Å². The summed E-state index contributed by atoms with van der Waals surface area (Å²) in [7, 11) is 8.24. The molecule has 0 radical (unpaired) electrons. The Morgan fingerprint density at radius 2 is 1.09 bits per heavy atom. The van der Waals surface area contributed by atoms with Crippen LogP contribution in [0.1, 0.15) is 22.8 Å². The Kier molecular flexibility index (Phi) is 8.98. The topological polar surface area (TPSA) is 67.6 Å². The molecule has 0 N–H and O–H groups in total. The van der Waals surface area contributed by atoms with Gasteiger partial charge in [-0.3, -0.25) is 0 Å². The minimum atomic E-state index is -0.236. The molecule has 0 fully saturated rings. The molecule has 0 amide bonds. The van der Waals surface area contributed by atoms with Crippen LogP contribution in [0.4, 0.5) is 0 Å². The molecule has 9 heteroatoms. The zero-order valence-electron chi connectivity index (χ0n) is 30.1. The predicted molar refractivity (Wildman–Crippen MR) is 211 cm³/mol. The second-order valence-electron chi connectivity index (χ2n) is 13.8. The van der Waals surface area contributed by atoms with Gasteiger partial charge in [0.15, 0.2) is 0 Å². The SMILES string of the molecule is CN1C=CC(=C2c3ccc([n-]3)/C(C3=CCN(C)C=C3)=C3/C=CC(=N3)C(=C3C=CN(C)C=C3)C3C=C/C(=C(\C4=CCN(C)C=C4)c4ccc2[n-]4)[N-]3)C=C1.[Mn+3]. The van der Waals surface area contributed by atoms with Gasteiger partial charge in [-0.1, -0.05) is 54.6 Å². The Morgan fingerprint density at radius 1 is 0.566 bits per heavy atom. The number of rotatable bonds is 2. The first-order chi connectivity index (χ1) is 25.4. The summed E-state index contributed by atoms with van der Waals surface area (Å²) in [4.78, 5) is 24.6. The van der Waals surface area contributed by atoms with Crippen molar-refractivity contribution in [3.05, 3.63) is 202 Å². The first kappa shape index (κ1) is 34.2. The summed E-state index contributed by atoms with van der Waals surface area (Å²) in [6.07, 6.45) is 38.6. The van der Waals surface area contributed by atoms with Gasteiger partial charge in [-0.05, 0) is 106 Å². The minimum Gasteiger partial charge on any atom is -0.674 e. The van der Waals surface area contributed by atoms with E-state index in [9.17, 15) is 0 Å². The van der Waals surface area contributed by atoms with Gasteiger partial charge in [0.1, 0.15) is 0 Å². The summed E-state index contributed by atoms with van der Waals surface area (Å²) in [5, 5.41) is 5.46. The van der Waals surface area contributed by atoms with Crippen molar-refractivity contribution in [3.8, 4) is 0 Å². The summed E-state index contributed by atoms with van der Waals surface area (Å²) in [5.74, 6) is 0. The van der Waals surface area contributed by atoms with E-state index in [-0.39, 0.29) is 23.1 Å². The first-order valence-corrected chi connectivity index (χ1v) is 17.6. The largest absolute Gasteiger partial charge is 3.00 e. The number of allylic oxidation sites excluding steroid dienone is 15. The molecule has 7 aliphatic heterocycles. The average Bonchev–Trinajstić information content (AvgIpc) is 3.99. The van der Waals surface area contributed by atoms with Gasteiger partial charge in [-0.2, -0.15) is 0 Å². The molecular weight excluding hydrogens is 695 g/mol. The van der Waals surface area contributed by atoms with Crippen molar-refractivity contribution in [2.45, 2.75) is 6.04 Å². The van der Waals surface area contributed by atoms with Gasteiger partial charge >= 0.3 is 17.1 Å². The third kappa shape index (κ3) is 6.43. The second-order valence-corrected chi connectivity index (χ2v) is 13.8. The fourth-order valence-electron chi connectivity index (χ4n) is 7.29. The zero-order valence-corrected chi connectivity index (χ0v) is 31.3. The maximum atomic E-state index is 5.46. The monoisotopic (exact) mass is 734 g/mol. The Morgan fingerprint density at radius 3 is 1.66 bits per heavy atom. The number of fused-ring (bicyclic) bond motifs is 7. The second kappa shape index (κ2) is 13.9. The summed E-state index contributed by atoms with van der Waals surface area (Å²) < 4.78 is 0. The Balaban J connectivity index is 0.00000400. The molecule has 8 bridgehead atoms. The molecule has 9 heterocycles. The van der Waals surface area contributed by atoms with Gasteiger partial charge in [0.05, 0.1) is 11.4 Å². The van der Waals surface area contributed by atoms with Crippen LogP contribution in [0.3, 0.4) is 0 Å². The van der Waals surface area contributed by atoms with Crippen molar-refractivity contribution >= 4 is 22.4 Å². The number of likely N-dealkylation sites (N-methyl/N-ethyl adjacent to an activating group) is 2. The molecule has 0 aromatic carbocycles. The van der Waals surface area contributed by atoms with Crippen molar-refractivity contribution < 1.29 is 17.1 Å². The van der Waals surface area contributed by atoms with E-state index in [1.165, 1.54) is 0 Å². The Hall–Kier alpha value is -5.89. The smallest absolute Gasteiger partial charge is 0.674 e. The summed E-state index contributed by atoms with van der Waals surface area (Å²) in [6, 6.07) is 8.26. The van der Waals surface area contributed by atoms with Gasteiger partial charge in [-0.25, -0.2) is 4.99 Å². The molecule has 2 aromatic heterocycles. The number of nitrogens with zero attached hydrogens (tertiary/aromatic N) is 8. The third-order valence-electron chi connectivity index (χ3n) is 10.1. The van der Waals surface area contributed by atoms with Gasteiger partial charge in [0.25, 0.3) is 0 Å². The van der Waals surface area contributed by atoms with Crippen molar-refractivity contribution in [3.63, 3.8) is 0 Å². The van der Waals surface area contributed by atoms with Crippen molar-refractivity contribution in [2.75, 3.05) is 41.3 Å². The first-order valence-electron chi connectivity index (χ1n) is 17.6. The van der Waals surface area contributed by atoms with Crippen LogP contribution in [-0.4, -0.2) is 72.6 Å². The van der Waals surface area contributed by atoms with E-state index in [0.717, 1.165) is 97.6 Å². The Bertz CT molecular complexity index is 2320. The van der Waals surface area contributed by atoms with Gasteiger partial charge in [0.2, 0.25) is 0 Å². The quantitative estimate of drug-likeness (QED) is 0.305. The summed E-state index contributed by atoms with van der Waals surface area (Å²) in [6.45, 7) is 1.61. The molecule has 7 aliphatic rings. The number of hydrogen-bond donors (Lipinski definition) is 0. The molecule has 0 aliphatic carbocycles. The van der Waals surface area contributed by atoms with Gasteiger partial charge < -0.3 is 34.9 Å². The minimum absolute atomic E-state index is 0. The van der Waals surface area contributed by atoms with E-state index in [2.05, 4.69) is 163 Å². The number of hydrogen-bond acceptors (Lipinski definition) is 5.